The Morgan fingerprint density at radius 3 is 2.54 bits per heavy atom. The lowest BCUT2D eigenvalue weighted by Gasteiger charge is -2.32. The third-order valence-electron chi connectivity index (χ3n) is 5.72. The van der Waals surface area contributed by atoms with E-state index in [4.69, 9.17) is 4.74 Å². The lowest BCUT2D eigenvalue weighted by molar-refractivity contribution is -0.126. The molecule has 0 saturated carbocycles. The fourth-order valence-corrected chi connectivity index (χ4v) is 3.91. The molecule has 0 bridgehead atoms. The lowest BCUT2D eigenvalue weighted by Crippen LogP contribution is -2.42. The molecule has 1 amide bonds. The van der Waals surface area contributed by atoms with Gasteiger partial charge in [-0.25, -0.2) is 0 Å². The third kappa shape index (κ3) is 4.50. The maximum Gasteiger partial charge on any atom is 0.223 e. The molecule has 3 heterocycles. The number of rotatable bonds is 5. The SMILES string of the molecule is Cc1ccc(-c2ccc(N3CCC(C(=O)NC[C@@H]4CCCO4)CC3)nn2)cc1. The molecule has 1 atom stereocenters. The molecule has 4 rings (SSSR count). The number of aryl methyl sites for hydroxylation is 1. The van der Waals surface area contributed by atoms with Crippen LogP contribution in [0.15, 0.2) is 36.4 Å². The van der Waals surface area contributed by atoms with E-state index >= 15 is 0 Å². The van der Waals surface area contributed by atoms with Crippen molar-refractivity contribution in [3.8, 4) is 11.3 Å². The van der Waals surface area contributed by atoms with E-state index in [0.29, 0.717) is 6.54 Å². The predicted molar refractivity (Wildman–Crippen MR) is 109 cm³/mol. The molecule has 0 radical (unpaired) electrons. The molecule has 148 valence electrons. The fraction of sp³-hybridized carbons (Fsp3) is 0.500. The molecule has 0 spiro atoms. The average molecular weight is 380 g/mol. The Balaban J connectivity index is 1.28. The molecule has 2 aliphatic rings. The second-order valence-corrected chi connectivity index (χ2v) is 7.78. The number of nitrogens with zero attached hydrogens (tertiary/aromatic N) is 3. The summed E-state index contributed by atoms with van der Waals surface area (Å²) in [6, 6.07) is 12.4. The third-order valence-corrected chi connectivity index (χ3v) is 5.72. The van der Waals surface area contributed by atoms with Gasteiger partial charge in [-0.05, 0) is 44.7 Å². The maximum absolute atomic E-state index is 12.4. The number of amides is 1. The van der Waals surface area contributed by atoms with E-state index in [-0.39, 0.29) is 17.9 Å². The molecule has 1 N–H and O–H groups in total. The van der Waals surface area contributed by atoms with Crippen LogP contribution in [0.5, 0.6) is 0 Å². The van der Waals surface area contributed by atoms with Crippen LogP contribution < -0.4 is 10.2 Å². The quantitative estimate of drug-likeness (QED) is 0.864. The standard InChI is InChI=1S/C22H28N4O2/c1-16-4-6-17(7-5-16)20-8-9-21(25-24-20)26-12-10-18(11-13-26)22(27)23-15-19-3-2-14-28-19/h4-9,18-19H,2-3,10-15H2,1H3,(H,23,27)/t19-/m0/s1. The fourth-order valence-electron chi connectivity index (χ4n) is 3.91. The molecule has 6 heteroatoms. The van der Waals surface area contributed by atoms with Gasteiger partial charge in [-0.1, -0.05) is 29.8 Å². The number of piperidine rings is 1. The highest BCUT2D eigenvalue weighted by Crippen LogP contribution is 2.24. The molecule has 1 aromatic heterocycles. The number of nitrogens with one attached hydrogen (secondary N) is 1. The van der Waals surface area contributed by atoms with Gasteiger partial charge in [-0.15, -0.1) is 10.2 Å². The molecule has 2 saturated heterocycles. The summed E-state index contributed by atoms with van der Waals surface area (Å²) in [6.45, 7) is 5.20. The lowest BCUT2D eigenvalue weighted by atomic mass is 9.96. The Kier molecular flexibility index (Phi) is 5.86. The van der Waals surface area contributed by atoms with Crippen molar-refractivity contribution in [2.45, 2.75) is 38.7 Å². The number of hydrogen-bond donors (Lipinski definition) is 1. The number of benzene rings is 1. The monoisotopic (exact) mass is 380 g/mol. The van der Waals surface area contributed by atoms with E-state index in [0.717, 1.165) is 62.5 Å². The van der Waals surface area contributed by atoms with Gasteiger partial charge in [0.2, 0.25) is 5.91 Å². The normalized spacial score (nSPS) is 20.3. The van der Waals surface area contributed by atoms with Crippen LogP contribution in [-0.4, -0.2) is 48.4 Å². The minimum absolute atomic E-state index is 0.0810. The molecular formula is C22H28N4O2. The highest BCUT2D eigenvalue weighted by molar-refractivity contribution is 5.79. The van der Waals surface area contributed by atoms with Gasteiger partial charge in [0.1, 0.15) is 0 Å². The van der Waals surface area contributed by atoms with E-state index in [2.05, 4.69) is 51.6 Å². The Labute approximate surface area is 166 Å². The summed E-state index contributed by atoms with van der Waals surface area (Å²) in [7, 11) is 0. The molecule has 28 heavy (non-hydrogen) atoms. The van der Waals surface area contributed by atoms with Crippen LogP contribution in [0.1, 0.15) is 31.2 Å². The summed E-state index contributed by atoms with van der Waals surface area (Å²) >= 11 is 0. The van der Waals surface area contributed by atoms with E-state index in [1.807, 2.05) is 12.1 Å². The number of carbonyl (C=O) groups is 1. The van der Waals surface area contributed by atoms with Crippen molar-refractivity contribution in [1.82, 2.24) is 15.5 Å². The van der Waals surface area contributed by atoms with Crippen molar-refractivity contribution in [2.24, 2.45) is 5.92 Å². The van der Waals surface area contributed by atoms with E-state index in [9.17, 15) is 4.79 Å². The first-order valence-electron chi connectivity index (χ1n) is 10.2. The van der Waals surface area contributed by atoms with Crippen LogP contribution in [-0.2, 0) is 9.53 Å². The molecule has 2 aromatic rings. The number of anilines is 1. The second kappa shape index (κ2) is 8.69. The van der Waals surface area contributed by atoms with Crippen molar-refractivity contribution in [1.29, 1.82) is 0 Å². The van der Waals surface area contributed by atoms with Crippen LogP contribution in [0.2, 0.25) is 0 Å². The van der Waals surface area contributed by atoms with E-state index in [1.165, 1.54) is 5.56 Å². The smallest absolute Gasteiger partial charge is 0.223 e. The minimum Gasteiger partial charge on any atom is -0.376 e. The average Bonchev–Trinajstić information content (AvgIpc) is 3.27. The number of hydrogen-bond acceptors (Lipinski definition) is 5. The molecule has 0 unspecified atom stereocenters. The Bertz CT molecular complexity index is 777. The van der Waals surface area contributed by atoms with Crippen LogP contribution in [0.4, 0.5) is 5.82 Å². The highest BCUT2D eigenvalue weighted by Gasteiger charge is 2.26. The Morgan fingerprint density at radius 1 is 1.11 bits per heavy atom. The first-order valence-corrected chi connectivity index (χ1v) is 10.2. The number of ether oxygens (including phenoxy) is 1. The summed E-state index contributed by atoms with van der Waals surface area (Å²) in [4.78, 5) is 14.6. The Hall–Kier alpha value is -2.47. The summed E-state index contributed by atoms with van der Waals surface area (Å²) < 4.78 is 5.57. The van der Waals surface area contributed by atoms with Crippen molar-refractivity contribution in [3.05, 3.63) is 42.0 Å². The van der Waals surface area contributed by atoms with Gasteiger partial charge in [0.25, 0.3) is 0 Å². The maximum atomic E-state index is 12.4. The summed E-state index contributed by atoms with van der Waals surface area (Å²) in [5, 5.41) is 11.9. The molecule has 6 nitrogen and oxygen atoms in total. The van der Waals surface area contributed by atoms with Gasteiger partial charge in [0.05, 0.1) is 11.8 Å². The molecule has 2 aliphatic heterocycles. The van der Waals surface area contributed by atoms with Crippen LogP contribution >= 0.6 is 0 Å². The van der Waals surface area contributed by atoms with E-state index in [1.54, 1.807) is 0 Å². The van der Waals surface area contributed by atoms with Gasteiger partial charge in [-0.2, -0.15) is 0 Å². The molecule has 2 fully saturated rings. The summed E-state index contributed by atoms with van der Waals surface area (Å²) in [5.41, 5.74) is 3.19. The minimum atomic E-state index is 0.0810. The van der Waals surface area contributed by atoms with Crippen molar-refractivity contribution >= 4 is 11.7 Å². The predicted octanol–water partition coefficient (Wildman–Crippen LogP) is 2.96. The molecule has 0 aliphatic carbocycles. The second-order valence-electron chi connectivity index (χ2n) is 7.78. The Morgan fingerprint density at radius 2 is 1.89 bits per heavy atom. The van der Waals surface area contributed by atoms with Gasteiger partial charge in [-0.3, -0.25) is 4.79 Å². The van der Waals surface area contributed by atoms with Gasteiger partial charge in [0, 0.05) is 37.7 Å². The highest BCUT2D eigenvalue weighted by atomic mass is 16.5. The van der Waals surface area contributed by atoms with Crippen LogP contribution in [0.25, 0.3) is 11.3 Å². The number of aromatic nitrogens is 2. The van der Waals surface area contributed by atoms with Crippen molar-refractivity contribution in [3.63, 3.8) is 0 Å². The van der Waals surface area contributed by atoms with Gasteiger partial charge >= 0.3 is 0 Å². The zero-order chi connectivity index (χ0) is 19.3. The van der Waals surface area contributed by atoms with Crippen LogP contribution in [0, 0.1) is 12.8 Å². The molecule has 1 aromatic carbocycles. The largest absolute Gasteiger partial charge is 0.376 e. The van der Waals surface area contributed by atoms with Crippen LogP contribution in [0.3, 0.4) is 0 Å². The zero-order valence-electron chi connectivity index (χ0n) is 16.4. The van der Waals surface area contributed by atoms with Gasteiger partial charge < -0.3 is 15.0 Å². The first-order chi connectivity index (χ1) is 13.7. The summed E-state index contributed by atoms with van der Waals surface area (Å²) in [5.74, 6) is 1.13. The number of carbonyl (C=O) groups excluding carboxylic acids is 1. The van der Waals surface area contributed by atoms with Gasteiger partial charge in [0.15, 0.2) is 5.82 Å². The first kappa shape index (κ1) is 18.9. The van der Waals surface area contributed by atoms with E-state index < -0.39 is 0 Å². The zero-order valence-corrected chi connectivity index (χ0v) is 16.4. The van der Waals surface area contributed by atoms with Crippen molar-refractivity contribution < 1.29 is 9.53 Å². The molecular weight excluding hydrogens is 352 g/mol. The van der Waals surface area contributed by atoms with Crippen molar-refractivity contribution in [2.75, 3.05) is 31.1 Å². The topological polar surface area (TPSA) is 67.4 Å². The summed E-state index contributed by atoms with van der Waals surface area (Å²) in [6.07, 6.45) is 4.04.